The number of carbonyl (C=O) groups is 8. The van der Waals surface area contributed by atoms with Gasteiger partial charge in [-0.15, -0.1) is 0 Å². The first-order valence-corrected chi connectivity index (χ1v) is 20.4. The third-order valence-corrected chi connectivity index (χ3v) is 10.8. The molecule has 2 aliphatic heterocycles. The zero-order chi connectivity index (χ0) is 46.9. The predicted octanol–water partition coefficient (Wildman–Crippen LogP) is -3.54. The van der Waals surface area contributed by atoms with Crippen LogP contribution in [0.2, 0.25) is 5.02 Å². The molecule has 1 unspecified atom stereocenters. The van der Waals surface area contributed by atoms with Gasteiger partial charge in [-0.2, -0.15) is 0 Å². The average Bonchev–Trinajstić information content (AvgIpc) is 3.73. The molecule has 2 aliphatic rings. The van der Waals surface area contributed by atoms with Gasteiger partial charge in [-0.05, 0) is 29.7 Å². The van der Waals surface area contributed by atoms with Crippen LogP contribution in [-0.4, -0.2) is 157 Å². The Hall–Kier alpha value is -6.43. The number of rotatable bonds is 7. The number of carbonyl (C=O) groups excluding carboxylic acids is 8. The summed E-state index contributed by atoms with van der Waals surface area (Å²) >= 11 is 6.14. The van der Waals surface area contributed by atoms with Gasteiger partial charge in [0.2, 0.25) is 35.4 Å². The molecule has 2 fully saturated rings. The van der Waals surface area contributed by atoms with Gasteiger partial charge >= 0.3 is 6.03 Å². The highest BCUT2D eigenvalue weighted by Crippen LogP contribution is 2.27. The minimum atomic E-state index is -2.49. The van der Waals surface area contributed by atoms with Gasteiger partial charge in [0.1, 0.15) is 12.1 Å². The summed E-state index contributed by atoms with van der Waals surface area (Å²) in [6.45, 7) is -1.97. The molecule has 22 nitrogen and oxygen atoms in total. The Morgan fingerprint density at radius 1 is 0.922 bits per heavy atom. The zero-order valence-electron chi connectivity index (χ0n) is 34.4. The number of hydrogen-bond donors (Lipinski definition) is 12. The van der Waals surface area contributed by atoms with Crippen LogP contribution < -0.4 is 37.6 Å². The largest absolute Gasteiger partial charge is 0.391 e. The van der Waals surface area contributed by atoms with Crippen LogP contribution in [0.25, 0.3) is 17.0 Å². The molecule has 0 radical (unpaired) electrons. The number of nitrogens with zero attached hydrogens (tertiary/aromatic N) is 2. The van der Waals surface area contributed by atoms with E-state index in [1.54, 1.807) is 42.5 Å². The minimum Gasteiger partial charge on any atom is -0.391 e. The number of primary amides is 1. The van der Waals surface area contributed by atoms with Crippen molar-refractivity contribution >= 4 is 76.0 Å². The van der Waals surface area contributed by atoms with Crippen LogP contribution in [-0.2, 0) is 40.0 Å². The van der Waals surface area contributed by atoms with E-state index < -0.39 is 135 Å². The second-order valence-corrected chi connectivity index (χ2v) is 16.0. The van der Waals surface area contributed by atoms with E-state index in [9.17, 15) is 63.9 Å². The van der Waals surface area contributed by atoms with Crippen molar-refractivity contribution in [2.45, 2.75) is 80.4 Å². The normalized spacial score (nSPS) is 26.0. The molecule has 8 atom stereocenters. The van der Waals surface area contributed by atoms with Gasteiger partial charge in [-0.1, -0.05) is 60.2 Å². The average molecular weight is 912 g/mol. The second kappa shape index (κ2) is 21.3. The molecular weight excluding hydrogens is 862 g/mol. The standard InChI is InChI=1S/C41H50ClN9O13/c1-50-20-33(57)46-26(12-22-19-51(40(43)63)27-13-23(42)10-11-25(22)27)38(61)45-18-32(56)44-17-24(52)14-30(54)48-35(36(59)28(53)9-5-8-21-6-3-2-4-7-21)37(60)39(62)47-29-15-31(55)49-41(29,64)16-34(50)58/h2-8,10-11,13,19,24,26,28-29,35-37,52-53,59-60,64H,9,12,14-18,20H2,1H3,(H2,43,63)(H,44,56)(H,45,61)(H,46,57)(H,47,62)(H,48,54)(H,49,55)/b8-5+/t24-,26?,28+,29-,35-,36-,37+,41-/m1/s1. The van der Waals surface area contributed by atoms with E-state index in [0.29, 0.717) is 16.5 Å². The molecule has 1 aromatic heterocycles. The molecule has 64 heavy (non-hydrogen) atoms. The third kappa shape index (κ3) is 12.6. The number of nitrogens with one attached hydrogen (secondary N) is 6. The van der Waals surface area contributed by atoms with Crippen LogP contribution in [0.15, 0.2) is 60.8 Å². The summed E-state index contributed by atoms with van der Waals surface area (Å²) in [4.78, 5) is 106. The summed E-state index contributed by atoms with van der Waals surface area (Å²) < 4.78 is 1.08. The maximum Gasteiger partial charge on any atom is 0.323 e. The summed E-state index contributed by atoms with van der Waals surface area (Å²) in [5.74, 6) is -6.82. The van der Waals surface area contributed by atoms with Gasteiger partial charge in [-0.3, -0.25) is 38.1 Å². The molecule has 2 aromatic carbocycles. The number of fused-ring (bicyclic) bond motifs is 2. The Morgan fingerprint density at radius 2 is 1.64 bits per heavy atom. The maximum atomic E-state index is 13.6. The van der Waals surface area contributed by atoms with Gasteiger partial charge in [-0.25, -0.2) is 4.79 Å². The summed E-state index contributed by atoms with van der Waals surface area (Å²) in [6.07, 6.45) is -6.04. The first-order valence-electron chi connectivity index (χ1n) is 20.0. The fourth-order valence-corrected chi connectivity index (χ4v) is 7.37. The molecule has 0 bridgehead atoms. The third-order valence-electron chi connectivity index (χ3n) is 10.6. The first kappa shape index (κ1) is 48.6. The molecule has 5 rings (SSSR count). The van der Waals surface area contributed by atoms with Crippen molar-refractivity contribution < 1.29 is 63.9 Å². The lowest BCUT2D eigenvalue weighted by molar-refractivity contribution is -0.145. The van der Waals surface area contributed by atoms with Crippen LogP contribution in [0.3, 0.4) is 0 Å². The first-order chi connectivity index (χ1) is 30.2. The van der Waals surface area contributed by atoms with Gasteiger partial charge in [0.15, 0.2) is 11.8 Å². The summed E-state index contributed by atoms with van der Waals surface area (Å²) in [6, 6.07) is 7.54. The van der Waals surface area contributed by atoms with E-state index in [1.807, 2.05) is 0 Å². The lowest BCUT2D eigenvalue weighted by Crippen LogP contribution is -2.63. The van der Waals surface area contributed by atoms with Crippen molar-refractivity contribution in [2.24, 2.45) is 5.73 Å². The van der Waals surface area contributed by atoms with E-state index in [2.05, 4.69) is 31.9 Å². The number of likely N-dealkylation sites (N-methyl/N-ethyl adjacent to an activating group) is 1. The molecule has 344 valence electrons. The van der Waals surface area contributed by atoms with Crippen LogP contribution in [0.4, 0.5) is 4.79 Å². The molecule has 8 amide bonds. The van der Waals surface area contributed by atoms with E-state index >= 15 is 0 Å². The van der Waals surface area contributed by atoms with Crippen molar-refractivity contribution in [1.29, 1.82) is 0 Å². The van der Waals surface area contributed by atoms with Crippen molar-refractivity contribution in [3.8, 4) is 0 Å². The Bertz CT molecular complexity index is 2290. The van der Waals surface area contributed by atoms with E-state index in [-0.39, 0.29) is 17.9 Å². The Morgan fingerprint density at radius 3 is 2.34 bits per heavy atom. The van der Waals surface area contributed by atoms with Crippen LogP contribution in [0.5, 0.6) is 0 Å². The number of aromatic nitrogens is 1. The number of aliphatic hydroxyl groups is 5. The number of benzene rings is 2. The van der Waals surface area contributed by atoms with Crippen molar-refractivity contribution in [1.82, 2.24) is 41.4 Å². The number of nitrogens with two attached hydrogens (primary N) is 1. The van der Waals surface area contributed by atoms with Gasteiger partial charge in [0.05, 0.1) is 62.2 Å². The van der Waals surface area contributed by atoms with E-state index in [4.69, 9.17) is 17.3 Å². The number of aliphatic hydroxyl groups excluding tert-OH is 4. The van der Waals surface area contributed by atoms with E-state index in [1.165, 1.54) is 31.5 Å². The minimum absolute atomic E-state index is 0.230. The zero-order valence-corrected chi connectivity index (χ0v) is 35.2. The molecule has 13 N–H and O–H groups in total. The monoisotopic (exact) mass is 911 g/mol. The summed E-state index contributed by atoms with van der Waals surface area (Å²) in [5.41, 5.74) is 4.46. The van der Waals surface area contributed by atoms with Gasteiger partial charge in [0.25, 0.3) is 5.91 Å². The smallest absolute Gasteiger partial charge is 0.323 e. The topological polar surface area (TPSA) is 344 Å². The lowest BCUT2D eigenvalue weighted by atomic mass is 9.95. The SMILES string of the molecule is CN1CC(=O)NC(Cc2cn(C(N)=O)c3cc(Cl)ccc23)C(=O)NCC(=O)NC[C@H](O)CC(=O)N[C@H]([C@H](O)[C@@H](O)C/C=C/c2ccccc2)[C@H](O)C(=O)N[C@@H]2CC(=O)N[C@@]2(O)CC1=O. The predicted molar refractivity (Wildman–Crippen MR) is 226 cm³/mol. The number of amides is 8. The lowest BCUT2D eigenvalue weighted by Gasteiger charge is -2.34. The quantitative estimate of drug-likeness (QED) is 0.109. The highest BCUT2D eigenvalue weighted by Gasteiger charge is 2.49. The molecule has 2 saturated heterocycles. The molecule has 23 heteroatoms. The number of halogens is 1. The molecular formula is C41H50ClN9O13. The Balaban J connectivity index is 1.39. The van der Waals surface area contributed by atoms with Gasteiger partial charge in [0, 0.05) is 36.6 Å². The summed E-state index contributed by atoms with van der Waals surface area (Å²) in [5, 5.41) is 70.1. The van der Waals surface area contributed by atoms with E-state index in [0.717, 1.165) is 15.0 Å². The Kier molecular flexibility index (Phi) is 16.2. The number of β-amino-alcohol motifs (C(OH)–C–C–N with tert-alkyl or cyclic N) is 1. The summed E-state index contributed by atoms with van der Waals surface area (Å²) in [7, 11) is 1.17. The van der Waals surface area contributed by atoms with Crippen molar-refractivity contribution in [3.63, 3.8) is 0 Å². The van der Waals surface area contributed by atoms with Crippen molar-refractivity contribution in [3.05, 3.63) is 77.0 Å². The van der Waals surface area contributed by atoms with Crippen LogP contribution in [0.1, 0.15) is 36.8 Å². The molecule has 3 heterocycles. The maximum absolute atomic E-state index is 13.6. The highest BCUT2D eigenvalue weighted by atomic mass is 35.5. The van der Waals surface area contributed by atoms with Gasteiger partial charge < -0.3 is 68.1 Å². The fraction of sp³-hybridized carbons (Fsp3) is 0.415. The Labute approximate surface area is 370 Å². The molecule has 3 aromatic rings. The number of hydrogen-bond acceptors (Lipinski definition) is 13. The highest BCUT2D eigenvalue weighted by molar-refractivity contribution is 6.31. The van der Waals surface area contributed by atoms with Crippen LogP contribution in [0, 0.1) is 0 Å². The fourth-order valence-electron chi connectivity index (χ4n) is 7.20. The molecule has 0 saturated carbocycles. The van der Waals surface area contributed by atoms with Crippen LogP contribution >= 0.6 is 11.6 Å². The second-order valence-electron chi connectivity index (χ2n) is 15.5. The molecule has 0 aliphatic carbocycles. The molecule has 0 spiro atoms. The van der Waals surface area contributed by atoms with Crippen molar-refractivity contribution in [2.75, 3.05) is 26.7 Å².